The van der Waals surface area contributed by atoms with Crippen LogP contribution < -0.4 is 0 Å². The first kappa shape index (κ1) is 13.9. The van der Waals surface area contributed by atoms with Crippen molar-refractivity contribution >= 4 is 44.5 Å². The quantitative estimate of drug-likeness (QED) is 0.449. The van der Waals surface area contributed by atoms with Crippen LogP contribution in [0.1, 0.15) is 11.4 Å². The molecular formula is C17H11ClN2S2. The van der Waals surface area contributed by atoms with Crippen molar-refractivity contribution < 1.29 is 0 Å². The van der Waals surface area contributed by atoms with E-state index in [4.69, 9.17) is 11.6 Å². The number of benzene rings is 1. The van der Waals surface area contributed by atoms with E-state index in [2.05, 4.69) is 38.9 Å². The summed E-state index contributed by atoms with van der Waals surface area (Å²) in [5.41, 5.74) is 2.32. The van der Waals surface area contributed by atoms with Gasteiger partial charge in [0, 0.05) is 22.2 Å². The maximum absolute atomic E-state index is 6.45. The zero-order valence-corrected chi connectivity index (χ0v) is 13.9. The van der Waals surface area contributed by atoms with Gasteiger partial charge in [0.25, 0.3) is 0 Å². The highest BCUT2D eigenvalue weighted by Crippen LogP contribution is 2.38. The first-order valence-electron chi connectivity index (χ1n) is 6.82. The normalized spacial score (nSPS) is 11.1. The van der Waals surface area contributed by atoms with E-state index in [1.165, 1.54) is 10.4 Å². The van der Waals surface area contributed by atoms with Crippen LogP contribution in [0.5, 0.6) is 0 Å². The predicted molar refractivity (Wildman–Crippen MR) is 95.0 cm³/mol. The third-order valence-corrected chi connectivity index (χ3v) is 5.48. The molecule has 0 aliphatic rings. The maximum atomic E-state index is 6.45. The first-order valence-corrected chi connectivity index (χ1v) is 8.96. The Morgan fingerprint density at radius 3 is 2.59 bits per heavy atom. The summed E-state index contributed by atoms with van der Waals surface area (Å²) in [6.07, 6.45) is 0.697. The summed E-state index contributed by atoms with van der Waals surface area (Å²) in [6, 6.07) is 14.3. The van der Waals surface area contributed by atoms with Crippen LogP contribution in [-0.2, 0) is 6.42 Å². The molecule has 108 valence electrons. The third-order valence-electron chi connectivity index (χ3n) is 3.43. The summed E-state index contributed by atoms with van der Waals surface area (Å²) in [4.78, 5) is 11.3. The molecule has 0 bridgehead atoms. The molecule has 3 heterocycles. The molecule has 0 atom stereocenters. The van der Waals surface area contributed by atoms with E-state index in [-0.39, 0.29) is 0 Å². The van der Waals surface area contributed by atoms with Crippen molar-refractivity contribution in [2.24, 2.45) is 0 Å². The topological polar surface area (TPSA) is 25.8 Å². The smallest absolute Gasteiger partial charge is 0.142 e. The largest absolute Gasteiger partial charge is 0.222 e. The molecule has 3 aromatic heterocycles. The van der Waals surface area contributed by atoms with Crippen LogP contribution in [0.3, 0.4) is 0 Å². The summed E-state index contributed by atoms with van der Waals surface area (Å²) in [6.45, 7) is 0. The Hall–Kier alpha value is -1.75. The van der Waals surface area contributed by atoms with Gasteiger partial charge < -0.3 is 0 Å². The van der Waals surface area contributed by atoms with Gasteiger partial charge >= 0.3 is 0 Å². The van der Waals surface area contributed by atoms with Crippen LogP contribution >= 0.6 is 34.3 Å². The number of thiophene rings is 2. The van der Waals surface area contributed by atoms with E-state index in [9.17, 15) is 0 Å². The van der Waals surface area contributed by atoms with Gasteiger partial charge in [0.1, 0.15) is 15.8 Å². The Morgan fingerprint density at radius 1 is 0.955 bits per heavy atom. The highest BCUT2D eigenvalue weighted by atomic mass is 35.5. The number of aromatic nitrogens is 2. The Balaban J connectivity index is 1.78. The second-order valence-corrected chi connectivity index (χ2v) is 7.06. The summed E-state index contributed by atoms with van der Waals surface area (Å²) in [5.74, 6) is 0.767. The number of fused-ring (bicyclic) bond motifs is 1. The lowest BCUT2D eigenvalue weighted by molar-refractivity contribution is 0.997. The van der Waals surface area contributed by atoms with Gasteiger partial charge in [-0.25, -0.2) is 9.97 Å². The molecule has 0 N–H and O–H groups in total. The van der Waals surface area contributed by atoms with Crippen molar-refractivity contribution in [3.63, 3.8) is 0 Å². The highest BCUT2D eigenvalue weighted by molar-refractivity contribution is 7.18. The summed E-state index contributed by atoms with van der Waals surface area (Å²) in [7, 11) is 0. The van der Waals surface area contributed by atoms with Gasteiger partial charge in [-0.15, -0.1) is 22.7 Å². The van der Waals surface area contributed by atoms with Crippen molar-refractivity contribution in [3.05, 3.63) is 69.8 Å². The van der Waals surface area contributed by atoms with Crippen molar-refractivity contribution in [3.8, 4) is 10.4 Å². The average Bonchev–Trinajstić information content (AvgIpc) is 3.16. The van der Waals surface area contributed by atoms with Crippen LogP contribution in [0.25, 0.3) is 20.7 Å². The van der Waals surface area contributed by atoms with Gasteiger partial charge in [-0.05, 0) is 17.0 Å². The van der Waals surface area contributed by atoms with Gasteiger partial charge in [0.15, 0.2) is 0 Å². The molecule has 0 aliphatic carbocycles. The van der Waals surface area contributed by atoms with Crippen molar-refractivity contribution in [2.75, 3.05) is 0 Å². The van der Waals surface area contributed by atoms with Crippen LogP contribution in [0.4, 0.5) is 0 Å². The number of hydrogen-bond donors (Lipinski definition) is 0. The lowest BCUT2D eigenvalue weighted by Crippen LogP contribution is -1.96. The van der Waals surface area contributed by atoms with E-state index in [0.717, 1.165) is 21.6 Å². The third kappa shape index (κ3) is 2.54. The number of rotatable bonds is 3. The fourth-order valence-electron chi connectivity index (χ4n) is 2.41. The monoisotopic (exact) mass is 342 g/mol. The predicted octanol–water partition coefficient (Wildman–Crippen LogP) is 5.66. The number of halogens is 1. The molecule has 4 aromatic rings. The second kappa shape index (κ2) is 5.80. The van der Waals surface area contributed by atoms with E-state index >= 15 is 0 Å². The molecule has 2 nitrogen and oxygen atoms in total. The molecule has 0 radical (unpaired) electrons. The summed E-state index contributed by atoms with van der Waals surface area (Å²) in [5, 5.41) is 5.69. The molecule has 0 amide bonds. The molecule has 4 rings (SSSR count). The maximum Gasteiger partial charge on any atom is 0.142 e. The van der Waals surface area contributed by atoms with Crippen LogP contribution in [0, 0.1) is 0 Å². The number of nitrogens with zero attached hydrogens (tertiary/aromatic N) is 2. The minimum absolute atomic E-state index is 0.542. The molecular weight excluding hydrogens is 332 g/mol. The zero-order chi connectivity index (χ0) is 14.9. The van der Waals surface area contributed by atoms with Gasteiger partial charge in [-0.2, -0.15) is 0 Å². The van der Waals surface area contributed by atoms with Crippen LogP contribution in [0.15, 0.2) is 53.2 Å². The second-order valence-electron chi connectivity index (χ2n) is 4.90. The molecule has 22 heavy (non-hydrogen) atoms. The highest BCUT2D eigenvalue weighted by Gasteiger charge is 2.14. The minimum Gasteiger partial charge on any atom is -0.222 e. The minimum atomic E-state index is 0.542. The van der Waals surface area contributed by atoms with Gasteiger partial charge in [-0.1, -0.05) is 48.0 Å². The molecule has 5 heteroatoms. The van der Waals surface area contributed by atoms with Crippen molar-refractivity contribution in [1.82, 2.24) is 9.97 Å². The molecule has 0 fully saturated rings. The SMILES string of the molecule is Clc1nc(Cc2ccccc2)nc2scc(-c3cccs3)c12. The van der Waals surface area contributed by atoms with Crippen LogP contribution in [-0.4, -0.2) is 9.97 Å². The molecule has 0 aliphatic heterocycles. The van der Waals surface area contributed by atoms with E-state index in [0.29, 0.717) is 11.6 Å². The standard InChI is InChI=1S/C17H11ClN2S2/c18-16-15-12(13-7-4-8-21-13)10-22-17(15)20-14(19-16)9-11-5-2-1-3-6-11/h1-8,10H,9H2. The van der Waals surface area contributed by atoms with E-state index < -0.39 is 0 Å². The molecule has 0 unspecified atom stereocenters. The zero-order valence-electron chi connectivity index (χ0n) is 11.5. The Bertz CT molecular complexity index is 915. The van der Waals surface area contributed by atoms with Crippen molar-refractivity contribution in [1.29, 1.82) is 0 Å². The lowest BCUT2D eigenvalue weighted by atomic mass is 10.1. The van der Waals surface area contributed by atoms with E-state index in [1.54, 1.807) is 22.7 Å². The molecule has 0 spiro atoms. The Kier molecular flexibility index (Phi) is 3.66. The van der Waals surface area contributed by atoms with Gasteiger partial charge in [-0.3, -0.25) is 0 Å². The first-order chi connectivity index (χ1) is 10.8. The molecule has 0 saturated carbocycles. The Labute approximate surface area is 141 Å². The fourth-order valence-corrected chi connectivity index (χ4v) is 4.54. The molecule has 0 saturated heterocycles. The van der Waals surface area contributed by atoms with Gasteiger partial charge in [0.2, 0.25) is 0 Å². The van der Waals surface area contributed by atoms with Crippen LogP contribution in [0.2, 0.25) is 5.15 Å². The van der Waals surface area contributed by atoms with Crippen molar-refractivity contribution in [2.45, 2.75) is 6.42 Å². The summed E-state index contributed by atoms with van der Waals surface area (Å²) < 4.78 is 0. The number of hydrogen-bond acceptors (Lipinski definition) is 4. The lowest BCUT2D eigenvalue weighted by Gasteiger charge is -2.03. The van der Waals surface area contributed by atoms with Gasteiger partial charge in [0.05, 0.1) is 5.39 Å². The average molecular weight is 343 g/mol. The molecule has 1 aromatic carbocycles. The Morgan fingerprint density at radius 2 is 1.82 bits per heavy atom. The fraction of sp³-hybridized carbons (Fsp3) is 0.0588. The summed E-state index contributed by atoms with van der Waals surface area (Å²) >= 11 is 9.78. The van der Waals surface area contributed by atoms with E-state index in [1.807, 2.05) is 24.3 Å².